The molecule has 0 spiro atoms. The van der Waals surface area contributed by atoms with Gasteiger partial charge in [-0.25, -0.2) is 0 Å². The molecule has 0 aliphatic carbocycles. The predicted molar refractivity (Wildman–Crippen MR) is 128 cm³/mol. The van der Waals surface area contributed by atoms with Crippen LogP contribution in [-0.4, -0.2) is 30.4 Å². The van der Waals surface area contributed by atoms with Gasteiger partial charge in [0.15, 0.2) is 0 Å². The van der Waals surface area contributed by atoms with Crippen LogP contribution in [0.4, 0.5) is 0 Å². The van der Waals surface area contributed by atoms with Gasteiger partial charge in [-0.2, -0.15) is 0 Å². The number of benzene rings is 2. The molecule has 2 rings (SSSR count). The summed E-state index contributed by atoms with van der Waals surface area (Å²) in [5, 5.41) is 12.5. The number of hydrogen-bond acceptors (Lipinski definition) is 3. The lowest BCUT2D eigenvalue weighted by Gasteiger charge is -2.34. The summed E-state index contributed by atoms with van der Waals surface area (Å²) in [5.41, 5.74) is 5.43. The van der Waals surface area contributed by atoms with Crippen LogP contribution in [0.3, 0.4) is 0 Å². The van der Waals surface area contributed by atoms with E-state index in [0.717, 1.165) is 37.1 Å². The lowest BCUT2D eigenvalue weighted by molar-refractivity contribution is 0.233. The molecule has 2 aromatic carbocycles. The summed E-state index contributed by atoms with van der Waals surface area (Å²) in [6.45, 7) is 15.0. The third-order valence-corrected chi connectivity index (χ3v) is 6.07. The molecule has 0 aromatic heterocycles. The van der Waals surface area contributed by atoms with Crippen LogP contribution in [0.2, 0.25) is 0 Å². The topological polar surface area (TPSA) is 41.5 Å². The van der Waals surface area contributed by atoms with E-state index in [2.05, 4.69) is 89.3 Å². The molecule has 2 N–H and O–H groups in total. The first-order valence-electron chi connectivity index (χ1n) is 11.4. The monoisotopic (exact) mass is 411 g/mol. The minimum absolute atomic E-state index is 0.0105. The Morgan fingerprint density at radius 3 is 2.10 bits per heavy atom. The van der Waals surface area contributed by atoms with E-state index in [0.29, 0.717) is 13.0 Å². The molecule has 0 unspecified atom stereocenters. The van der Waals surface area contributed by atoms with Crippen LogP contribution in [0.5, 0.6) is 5.75 Å². The molecule has 30 heavy (non-hydrogen) atoms. The van der Waals surface area contributed by atoms with Gasteiger partial charge >= 0.3 is 0 Å². The molecule has 0 amide bonds. The Labute approximate surface area is 183 Å². The van der Waals surface area contributed by atoms with E-state index in [9.17, 15) is 0 Å². The van der Waals surface area contributed by atoms with Crippen LogP contribution in [0, 0.1) is 6.92 Å². The first-order chi connectivity index (χ1) is 14.3. The van der Waals surface area contributed by atoms with E-state index in [4.69, 9.17) is 9.84 Å². The number of hydrogen-bond donors (Lipinski definition) is 2. The van der Waals surface area contributed by atoms with Crippen molar-refractivity contribution in [2.75, 3.05) is 19.8 Å². The zero-order valence-corrected chi connectivity index (χ0v) is 19.8. The molecule has 166 valence electrons. The quantitative estimate of drug-likeness (QED) is 0.460. The first-order valence-corrected chi connectivity index (χ1v) is 11.4. The second-order valence-electron chi connectivity index (χ2n) is 9.32. The van der Waals surface area contributed by atoms with Crippen LogP contribution in [-0.2, 0) is 11.8 Å². The fourth-order valence-electron chi connectivity index (χ4n) is 4.16. The van der Waals surface area contributed by atoms with Gasteiger partial charge in [0.25, 0.3) is 0 Å². The number of ether oxygens (including phenoxy) is 1. The summed E-state index contributed by atoms with van der Waals surface area (Å²) < 4.78 is 5.83. The summed E-state index contributed by atoms with van der Waals surface area (Å²) in [7, 11) is 0. The molecule has 3 heteroatoms. The van der Waals surface area contributed by atoms with E-state index in [1.165, 1.54) is 16.7 Å². The van der Waals surface area contributed by atoms with Gasteiger partial charge in [-0.05, 0) is 81.8 Å². The highest BCUT2D eigenvalue weighted by molar-refractivity contribution is 5.45. The van der Waals surface area contributed by atoms with Crippen LogP contribution in [0.25, 0.3) is 0 Å². The Morgan fingerprint density at radius 1 is 0.933 bits per heavy atom. The highest BCUT2D eigenvalue weighted by Gasteiger charge is 2.31. The standard InChI is InChI=1S/C27H41NO2/c1-7-27(8-2,24-14-15-25(21(3)20-24)30-19-9-18-29)23-12-10-22(11-13-23)16-17-28-26(4,5)6/h10-15,20,28-29H,7-9,16-19H2,1-6H3. The molecule has 0 aliphatic heterocycles. The largest absolute Gasteiger partial charge is 0.493 e. The van der Waals surface area contributed by atoms with Crippen LogP contribution in [0.15, 0.2) is 42.5 Å². The summed E-state index contributed by atoms with van der Waals surface area (Å²) >= 11 is 0. The molecule has 0 saturated heterocycles. The van der Waals surface area contributed by atoms with Crippen molar-refractivity contribution in [1.82, 2.24) is 5.32 Å². The Balaban J connectivity index is 2.21. The van der Waals surface area contributed by atoms with Gasteiger partial charge in [0.05, 0.1) is 6.61 Å². The van der Waals surface area contributed by atoms with Crippen molar-refractivity contribution in [3.8, 4) is 5.75 Å². The summed E-state index contributed by atoms with van der Waals surface area (Å²) in [6.07, 6.45) is 3.81. The second-order valence-corrected chi connectivity index (χ2v) is 9.32. The summed E-state index contributed by atoms with van der Waals surface area (Å²) in [5.74, 6) is 0.912. The van der Waals surface area contributed by atoms with Crippen molar-refractivity contribution in [1.29, 1.82) is 0 Å². The zero-order valence-electron chi connectivity index (χ0n) is 19.8. The maximum absolute atomic E-state index is 8.97. The van der Waals surface area contributed by atoms with Crippen molar-refractivity contribution in [3.63, 3.8) is 0 Å². The molecule has 0 fully saturated rings. The highest BCUT2D eigenvalue weighted by atomic mass is 16.5. The Bertz CT molecular complexity index is 770. The Kier molecular flexibility index (Phi) is 8.93. The molecule has 0 atom stereocenters. The molecule has 0 aliphatic rings. The van der Waals surface area contributed by atoms with E-state index in [1.54, 1.807) is 0 Å². The fourth-order valence-corrected chi connectivity index (χ4v) is 4.16. The van der Waals surface area contributed by atoms with Crippen molar-refractivity contribution in [3.05, 3.63) is 64.7 Å². The minimum atomic E-state index is 0.0105. The van der Waals surface area contributed by atoms with Crippen molar-refractivity contribution in [2.45, 2.75) is 78.2 Å². The van der Waals surface area contributed by atoms with Gasteiger partial charge < -0.3 is 15.2 Å². The van der Waals surface area contributed by atoms with Crippen LogP contribution in [0.1, 0.15) is 76.1 Å². The van der Waals surface area contributed by atoms with E-state index < -0.39 is 0 Å². The second kappa shape index (κ2) is 11.0. The van der Waals surface area contributed by atoms with Crippen molar-refractivity contribution < 1.29 is 9.84 Å². The molecular weight excluding hydrogens is 370 g/mol. The number of aliphatic hydroxyl groups excluding tert-OH is 1. The van der Waals surface area contributed by atoms with E-state index in [-0.39, 0.29) is 17.6 Å². The Morgan fingerprint density at radius 2 is 1.57 bits per heavy atom. The highest BCUT2D eigenvalue weighted by Crippen LogP contribution is 2.40. The van der Waals surface area contributed by atoms with Gasteiger partial charge in [-0.1, -0.05) is 50.2 Å². The normalized spacial score (nSPS) is 12.2. The first kappa shape index (κ1) is 24.4. The molecule has 2 aromatic rings. The lowest BCUT2D eigenvalue weighted by Crippen LogP contribution is -2.37. The van der Waals surface area contributed by atoms with Crippen LogP contribution >= 0.6 is 0 Å². The molecule has 0 bridgehead atoms. The molecule has 0 heterocycles. The number of aryl methyl sites for hydroxylation is 1. The van der Waals surface area contributed by atoms with E-state index in [1.807, 2.05) is 0 Å². The van der Waals surface area contributed by atoms with Gasteiger partial charge in [0.2, 0.25) is 0 Å². The maximum Gasteiger partial charge on any atom is 0.122 e. The van der Waals surface area contributed by atoms with Gasteiger partial charge in [0.1, 0.15) is 5.75 Å². The van der Waals surface area contributed by atoms with E-state index >= 15 is 0 Å². The molecule has 0 radical (unpaired) electrons. The smallest absolute Gasteiger partial charge is 0.122 e. The SMILES string of the molecule is CCC(CC)(c1ccc(CCNC(C)(C)C)cc1)c1ccc(OCCCO)c(C)c1. The minimum Gasteiger partial charge on any atom is -0.493 e. The van der Waals surface area contributed by atoms with Gasteiger partial charge in [0, 0.05) is 24.0 Å². The average molecular weight is 412 g/mol. The van der Waals surface area contributed by atoms with Gasteiger partial charge in [-0.15, -0.1) is 0 Å². The maximum atomic E-state index is 8.97. The number of aliphatic hydroxyl groups is 1. The predicted octanol–water partition coefficient (Wildman–Crippen LogP) is 5.79. The van der Waals surface area contributed by atoms with Crippen LogP contribution < -0.4 is 10.1 Å². The van der Waals surface area contributed by atoms with Crippen molar-refractivity contribution >= 4 is 0 Å². The van der Waals surface area contributed by atoms with Crippen molar-refractivity contribution in [2.24, 2.45) is 0 Å². The fraction of sp³-hybridized carbons (Fsp3) is 0.556. The number of rotatable bonds is 11. The lowest BCUT2D eigenvalue weighted by atomic mass is 9.70. The summed E-state index contributed by atoms with van der Waals surface area (Å²) in [4.78, 5) is 0. The van der Waals surface area contributed by atoms with Gasteiger partial charge in [-0.3, -0.25) is 0 Å². The molecular formula is C27H41NO2. The molecule has 3 nitrogen and oxygen atoms in total. The molecule has 0 saturated carbocycles. The third-order valence-electron chi connectivity index (χ3n) is 6.07. The Hall–Kier alpha value is -1.84. The zero-order chi connectivity index (χ0) is 22.2. The summed E-state index contributed by atoms with van der Waals surface area (Å²) in [6, 6.07) is 15.8. The third kappa shape index (κ3) is 6.33. The average Bonchev–Trinajstić information content (AvgIpc) is 2.71. The number of nitrogens with one attached hydrogen (secondary N) is 1.